The Hall–Kier alpha value is -2.37. The summed E-state index contributed by atoms with van der Waals surface area (Å²) in [7, 11) is 2.99. The lowest BCUT2D eigenvalue weighted by Crippen LogP contribution is -2.13. The molecule has 6 heteroatoms. The van der Waals surface area contributed by atoms with Crippen LogP contribution in [0.25, 0.3) is 0 Å². The second kappa shape index (κ2) is 5.51. The van der Waals surface area contributed by atoms with Crippen molar-refractivity contribution in [2.75, 3.05) is 14.2 Å². The van der Waals surface area contributed by atoms with Gasteiger partial charge in [0.05, 0.1) is 26.0 Å². The Morgan fingerprint density at radius 3 is 2.79 bits per heavy atom. The summed E-state index contributed by atoms with van der Waals surface area (Å²) in [4.78, 5) is 16.6. The van der Waals surface area contributed by atoms with Crippen LogP contribution in [0.1, 0.15) is 23.0 Å². The van der Waals surface area contributed by atoms with Crippen molar-refractivity contribution in [3.63, 3.8) is 0 Å². The highest BCUT2D eigenvalue weighted by Gasteiger charge is 2.23. The van der Waals surface area contributed by atoms with Crippen LogP contribution < -0.4 is 9.47 Å². The summed E-state index contributed by atoms with van der Waals surface area (Å²) in [5.41, 5.74) is 0.787. The number of pyridine rings is 1. The van der Waals surface area contributed by atoms with E-state index in [1.54, 1.807) is 23.0 Å². The minimum Gasteiger partial charge on any atom is -0.493 e. The highest BCUT2D eigenvalue weighted by atomic mass is 16.5. The summed E-state index contributed by atoms with van der Waals surface area (Å²) < 4.78 is 11.9. The molecule has 2 rings (SSSR count). The van der Waals surface area contributed by atoms with E-state index in [1.807, 2.05) is 6.92 Å². The molecule has 0 saturated carbocycles. The number of hydrogen-bond acceptors (Lipinski definition) is 5. The Morgan fingerprint density at radius 2 is 2.16 bits per heavy atom. The lowest BCUT2D eigenvalue weighted by Gasteiger charge is -2.08. The molecule has 6 nitrogen and oxygen atoms in total. The number of methoxy groups -OCH3 is 2. The monoisotopic (exact) mass is 261 g/mol. The predicted molar refractivity (Wildman–Crippen MR) is 68.7 cm³/mol. The third-order valence-electron chi connectivity index (χ3n) is 2.75. The molecule has 2 heterocycles. The maximum Gasteiger partial charge on any atom is 0.224 e. The van der Waals surface area contributed by atoms with Crippen LogP contribution in [0, 0.1) is 0 Å². The van der Waals surface area contributed by atoms with Crippen LogP contribution in [-0.2, 0) is 6.54 Å². The topological polar surface area (TPSA) is 66.2 Å². The number of rotatable bonds is 5. The molecule has 100 valence electrons. The van der Waals surface area contributed by atoms with Gasteiger partial charge in [-0.2, -0.15) is 5.10 Å². The van der Waals surface area contributed by atoms with Crippen molar-refractivity contribution in [2.45, 2.75) is 13.5 Å². The number of ketones is 1. The van der Waals surface area contributed by atoms with Gasteiger partial charge in [0.15, 0.2) is 11.4 Å². The molecular weight excluding hydrogens is 246 g/mol. The van der Waals surface area contributed by atoms with Crippen LogP contribution >= 0.6 is 0 Å². The third-order valence-corrected chi connectivity index (χ3v) is 2.75. The molecule has 2 aromatic heterocycles. The van der Waals surface area contributed by atoms with Gasteiger partial charge < -0.3 is 9.47 Å². The smallest absolute Gasteiger partial charge is 0.224 e. The van der Waals surface area contributed by atoms with E-state index < -0.39 is 0 Å². The summed E-state index contributed by atoms with van der Waals surface area (Å²) in [6.45, 7) is 2.48. The lowest BCUT2D eigenvalue weighted by molar-refractivity contribution is 0.102. The Labute approximate surface area is 111 Å². The Bertz CT molecular complexity index is 571. The first kappa shape index (κ1) is 13.1. The molecule has 0 aliphatic rings. The van der Waals surface area contributed by atoms with E-state index in [1.165, 1.54) is 20.4 Å². The van der Waals surface area contributed by atoms with E-state index in [0.29, 0.717) is 29.4 Å². The number of aryl methyl sites for hydroxylation is 1. The lowest BCUT2D eigenvalue weighted by atomic mass is 10.1. The number of hydrogen-bond donors (Lipinski definition) is 0. The van der Waals surface area contributed by atoms with Crippen LogP contribution in [0.5, 0.6) is 11.6 Å². The van der Waals surface area contributed by atoms with Crippen molar-refractivity contribution in [1.29, 1.82) is 0 Å². The van der Waals surface area contributed by atoms with Crippen LogP contribution in [0.4, 0.5) is 0 Å². The molecule has 0 N–H and O–H groups in total. The molecular formula is C13H15N3O3. The van der Waals surface area contributed by atoms with Crippen molar-refractivity contribution in [1.82, 2.24) is 14.8 Å². The first-order valence-electron chi connectivity index (χ1n) is 5.86. The number of nitrogens with zero attached hydrogens (tertiary/aromatic N) is 3. The normalized spacial score (nSPS) is 10.3. The first-order chi connectivity index (χ1) is 9.22. The summed E-state index contributed by atoms with van der Waals surface area (Å²) >= 11 is 0. The van der Waals surface area contributed by atoms with Gasteiger partial charge in [0.25, 0.3) is 0 Å². The zero-order chi connectivity index (χ0) is 13.8. The minimum absolute atomic E-state index is 0.221. The molecule has 0 spiro atoms. The van der Waals surface area contributed by atoms with Crippen molar-refractivity contribution in [3.05, 3.63) is 35.8 Å². The van der Waals surface area contributed by atoms with Crippen molar-refractivity contribution in [3.8, 4) is 11.6 Å². The molecule has 19 heavy (non-hydrogen) atoms. The molecule has 0 aliphatic heterocycles. The summed E-state index contributed by atoms with van der Waals surface area (Å²) in [6.07, 6.45) is 3.10. The van der Waals surface area contributed by atoms with Gasteiger partial charge in [0, 0.05) is 12.7 Å². The Morgan fingerprint density at radius 1 is 1.37 bits per heavy atom. The van der Waals surface area contributed by atoms with E-state index in [-0.39, 0.29) is 5.78 Å². The molecule has 0 radical (unpaired) electrons. The quantitative estimate of drug-likeness (QED) is 0.764. The molecule has 0 aromatic carbocycles. The average molecular weight is 261 g/mol. The molecule has 0 fully saturated rings. The maximum absolute atomic E-state index is 12.6. The van der Waals surface area contributed by atoms with Crippen LogP contribution in [-0.4, -0.2) is 34.8 Å². The van der Waals surface area contributed by atoms with Gasteiger partial charge in [-0.05, 0) is 19.1 Å². The fourth-order valence-electron chi connectivity index (χ4n) is 1.84. The highest BCUT2D eigenvalue weighted by Crippen LogP contribution is 2.24. The van der Waals surface area contributed by atoms with Gasteiger partial charge in [0.1, 0.15) is 0 Å². The van der Waals surface area contributed by atoms with Gasteiger partial charge in [0.2, 0.25) is 11.7 Å². The van der Waals surface area contributed by atoms with Crippen LogP contribution in [0.3, 0.4) is 0 Å². The number of carbonyl (C=O) groups is 1. The molecule has 0 atom stereocenters. The fourth-order valence-corrected chi connectivity index (χ4v) is 1.84. The standard InChI is InChI=1S/C13H15N3O3/c1-4-16-11(10(18-2)8-15-16)12(17)9-6-5-7-14-13(9)19-3/h5-8H,4H2,1-3H3. The average Bonchev–Trinajstić information content (AvgIpc) is 2.89. The fraction of sp³-hybridized carbons (Fsp3) is 0.308. The molecule has 0 bridgehead atoms. The predicted octanol–water partition coefficient (Wildman–Crippen LogP) is 1.55. The highest BCUT2D eigenvalue weighted by molar-refractivity contribution is 6.10. The summed E-state index contributed by atoms with van der Waals surface area (Å²) in [6, 6.07) is 3.36. The number of aromatic nitrogens is 3. The molecule has 0 aliphatic carbocycles. The molecule has 0 amide bonds. The zero-order valence-electron chi connectivity index (χ0n) is 11.1. The Kier molecular flexibility index (Phi) is 3.79. The van der Waals surface area contributed by atoms with Crippen molar-refractivity contribution < 1.29 is 14.3 Å². The van der Waals surface area contributed by atoms with Gasteiger partial charge in [-0.25, -0.2) is 4.98 Å². The first-order valence-corrected chi connectivity index (χ1v) is 5.86. The van der Waals surface area contributed by atoms with E-state index in [4.69, 9.17) is 9.47 Å². The molecule has 2 aromatic rings. The minimum atomic E-state index is -0.221. The van der Waals surface area contributed by atoms with E-state index in [0.717, 1.165) is 0 Å². The van der Waals surface area contributed by atoms with Crippen LogP contribution in [0.15, 0.2) is 24.5 Å². The van der Waals surface area contributed by atoms with E-state index in [9.17, 15) is 4.79 Å². The van der Waals surface area contributed by atoms with E-state index in [2.05, 4.69) is 10.1 Å². The Balaban J connectivity index is 2.52. The van der Waals surface area contributed by atoms with Gasteiger partial charge in [-0.1, -0.05) is 0 Å². The number of ether oxygens (including phenoxy) is 2. The van der Waals surface area contributed by atoms with Crippen molar-refractivity contribution in [2.24, 2.45) is 0 Å². The van der Waals surface area contributed by atoms with Crippen molar-refractivity contribution >= 4 is 5.78 Å². The van der Waals surface area contributed by atoms with Gasteiger partial charge >= 0.3 is 0 Å². The van der Waals surface area contributed by atoms with Crippen LogP contribution in [0.2, 0.25) is 0 Å². The SMILES string of the molecule is CCn1ncc(OC)c1C(=O)c1cccnc1OC. The summed E-state index contributed by atoms with van der Waals surface area (Å²) in [5, 5.41) is 4.12. The van der Waals surface area contributed by atoms with Gasteiger partial charge in [-0.3, -0.25) is 9.48 Å². The second-order valence-corrected chi connectivity index (χ2v) is 3.77. The zero-order valence-corrected chi connectivity index (χ0v) is 11.1. The van der Waals surface area contributed by atoms with E-state index >= 15 is 0 Å². The number of carbonyl (C=O) groups excluding carboxylic acids is 1. The largest absolute Gasteiger partial charge is 0.493 e. The molecule has 0 unspecified atom stereocenters. The van der Waals surface area contributed by atoms with Gasteiger partial charge in [-0.15, -0.1) is 0 Å². The third kappa shape index (κ3) is 2.29. The second-order valence-electron chi connectivity index (χ2n) is 3.77. The molecule has 0 saturated heterocycles. The maximum atomic E-state index is 12.6. The summed E-state index contributed by atoms with van der Waals surface area (Å²) in [5.74, 6) is 0.511.